The van der Waals surface area contributed by atoms with Crippen LogP contribution in [-0.2, 0) is 30.9 Å². The molecule has 0 spiro atoms. The van der Waals surface area contributed by atoms with Crippen molar-refractivity contribution in [1.82, 2.24) is 14.5 Å². The standard InChI is InChI=1S/C34H33ClF2N4O4/c35-24-2-6-31(28(37)18-24)44-20-23-17-26(3-4-27(23)36)45-25-7-13-40(14-8-25)19-32-39-29-5-1-22(16-33(42)43)15-30(29)41(32)21-34(9-10-34)11-12-38/h1-6,15,17-18,25H,7-11,13-14,16,19-21H2,(H,42,43). The average Bonchev–Trinajstić information content (AvgIpc) is 3.69. The monoisotopic (exact) mass is 634 g/mol. The Labute approximate surface area is 264 Å². The number of fused-ring (bicyclic) bond motifs is 1. The molecule has 2 fully saturated rings. The Balaban J connectivity index is 1.10. The fourth-order valence-electron chi connectivity index (χ4n) is 5.93. The third-order valence-electron chi connectivity index (χ3n) is 8.65. The molecule has 4 aromatic rings. The number of aliphatic carboxylic acids is 1. The molecular weight excluding hydrogens is 602 g/mol. The van der Waals surface area contributed by atoms with Gasteiger partial charge in [-0.15, -0.1) is 0 Å². The number of carboxylic acids is 1. The van der Waals surface area contributed by atoms with E-state index in [9.17, 15) is 23.9 Å². The van der Waals surface area contributed by atoms with Gasteiger partial charge in [0.2, 0.25) is 0 Å². The number of benzene rings is 3. The second-order valence-corrected chi connectivity index (χ2v) is 12.5. The molecule has 6 rings (SSSR count). The number of nitriles is 1. The van der Waals surface area contributed by atoms with Crippen LogP contribution in [0.5, 0.6) is 11.5 Å². The van der Waals surface area contributed by atoms with Crippen molar-refractivity contribution in [3.63, 3.8) is 0 Å². The SMILES string of the molecule is N#CCC1(Cn2c(CN3CCC(Oc4ccc(F)c(COc5ccc(Cl)cc5F)c4)CC3)nc3ccc(CC(=O)O)cc32)CC1. The Morgan fingerprint density at radius 3 is 2.60 bits per heavy atom. The van der Waals surface area contributed by atoms with Crippen molar-refractivity contribution in [2.24, 2.45) is 5.41 Å². The van der Waals surface area contributed by atoms with Gasteiger partial charge in [-0.3, -0.25) is 9.69 Å². The zero-order valence-electron chi connectivity index (χ0n) is 24.6. The number of ether oxygens (including phenoxy) is 2. The van der Waals surface area contributed by atoms with Crippen molar-refractivity contribution in [3.8, 4) is 17.6 Å². The molecule has 0 radical (unpaired) electrons. The van der Waals surface area contributed by atoms with Gasteiger partial charge in [-0.05, 0) is 79.8 Å². The molecule has 11 heteroatoms. The number of carbonyl (C=O) groups is 1. The maximum absolute atomic E-state index is 14.5. The highest BCUT2D eigenvalue weighted by Gasteiger charge is 2.43. The minimum Gasteiger partial charge on any atom is -0.490 e. The number of imidazole rings is 1. The Morgan fingerprint density at radius 2 is 1.89 bits per heavy atom. The summed E-state index contributed by atoms with van der Waals surface area (Å²) >= 11 is 5.80. The largest absolute Gasteiger partial charge is 0.490 e. The lowest BCUT2D eigenvalue weighted by Crippen LogP contribution is -2.38. The van der Waals surface area contributed by atoms with Crippen LogP contribution in [0.15, 0.2) is 54.6 Å². The molecule has 2 aliphatic rings. The smallest absolute Gasteiger partial charge is 0.307 e. The van der Waals surface area contributed by atoms with Crippen LogP contribution in [0.3, 0.4) is 0 Å². The highest BCUT2D eigenvalue weighted by molar-refractivity contribution is 6.30. The van der Waals surface area contributed by atoms with Crippen LogP contribution in [0, 0.1) is 28.4 Å². The number of hydrogen-bond donors (Lipinski definition) is 1. The Kier molecular flexibility index (Phi) is 8.92. The summed E-state index contributed by atoms with van der Waals surface area (Å²) < 4.78 is 42.5. The normalized spacial score (nSPS) is 16.4. The van der Waals surface area contributed by atoms with Crippen LogP contribution < -0.4 is 9.47 Å². The zero-order valence-corrected chi connectivity index (χ0v) is 25.4. The van der Waals surface area contributed by atoms with E-state index in [0.29, 0.717) is 25.3 Å². The van der Waals surface area contributed by atoms with Gasteiger partial charge in [0.25, 0.3) is 0 Å². The molecule has 0 amide bonds. The van der Waals surface area contributed by atoms with Gasteiger partial charge in [0.05, 0.1) is 30.1 Å². The van der Waals surface area contributed by atoms with E-state index < -0.39 is 17.6 Å². The van der Waals surface area contributed by atoms with Gasteiger partial charge >= 0.3 is 5.97 Å². The maximum Gasteiger partial charge on any atom is 0.307 e. The predicted molar refractivity (Wildman–Crippen MR) is 164 cm³/mol. The van der Waals surface area contributed by atoms with Gasteiger partial charge in [0.15, 0.2) is 11.6 Å². The number of rotatable bonds is 12. The molecule has 3 aromatic carbocycles. The molecule has 1 N–H and O–H groups in total. The summed E-state index contributed by atoms with van der Waals surface area (Å²) in [5, 5.41) is 19.0. The first-order valence-corrected chi connectivity index (χ1v) is 15.4. The Hall–Kier alpha value is -4.20. The van der Waals surface area contributed by atoms with Gasteiger partial charge in [0, 0.05) is 42.1 Å². The summed E-state index contributed by atoms with van der Waals surface area (Å²) in [6.07, 6.45) is 3.88. The predicted octanol–water partition coefficient (Wildman–Crippen LogP) is 6.91. The molecule has 1 aromatic heterocycles. The molecule has 45 heavy (non-hydrogen) atoms. The summed E-state index contributed by atoms with van der Waals surface area (Å²) in [6.45, 7) is 2.69. The fraction of sp³-hybridized carbons (Fsp3) is 0.382. The highest BCUT2D eigenvalue weighted by Crippen LogP contribution is 2.50. The lowest BCUT2D eigenvalue weighted by Gasteiger charge is -2.32. The Morgan fingerprint density at radius 1 is 1.09 bits per heavy atom. The van der Waals surface area contributed by atoms with Crippen LogP contribution in [0.4, 0.5) is 8.78 Å². The summed E-state index contributed by atoms with van der Waals surface area (Å²) in [7, 11) is 0. The quantitative estimate of drug-likeness (QED) is 0.181. The van der Waals surface area contributed by atoms with E-state index in [1.165, 1.54) is 18.2 Å². The van der Waals surface area contributed by atoms with E-state index in [1.807, 2.05) is 18.2 Å². The van der Waals surface area contributed by atoms with Crippen molar-refractivity contribution in [3.05, 3.63) is 88.2 Å². The molecule has 2 heterocycles. The molecule has 0 atom stereocenters. The van der Waals surface area contributed by atoms with E-state index in [-0.39, 0.29) is 40.9 Å². The van der Waals surface area contributed by atoms with Crippen molar-refractivity contribution in [2.45, 2.75) is 64.3 Å². The molecule has 1 saturated heterocycles. The third-order valence-corrected chi connectivity index (χ3v) is 8.88. The van der Waals surface area contributed by atoms with E-state index in [0.717, 1.165) is 67.3 Å². The highest BCUT2D eigenvalue weighted by atomic mass is 35.5. The molecule has 0 bridgehead atoms. The van der Waals surface area contributed by atoms with Gasteiger partial charge in [-0.25, -0.2) is 13.8 Å². The van der Waals surface area contributed by atoms with Gasteiger partial charge in [-0.1, -0.05) is 17.7 Å². The minimum absolute atomic E-state index is 0.0101. The van der Waals surface area contributed by atoms with Crippen LogP contribution >= 0.6 is 11.6 Å². The molecular formula is C34H33ClF2N4O4. The maximum atomic E-state index is 14.5. The third kappa shape index (κ3) is 7.38. The number of halogens is 3. The topological polar surface area (TPSA) is 101 Å². The van der Waals surface area contributed by atoms with Crippen molar-refractivity contribution >= 4 is 28.6 Å². The first kappa shape index (κ1) is 30.8. The second-order valence-electron chi connectivity index (χ2n) is 12.1. The summed E-state index contributed by atoms with van der Waals surface area (Å²) in [5.74, 6) is -0.545. The summed E-state index contributed by atoms with van der Waals surface area (Å²) in [5.41, 5.74) is 2.65. The molecule has 1 saturated carbocycles. The van der Waals surface area contributed by atoms with E-state index in [2.05, 4.69) is 15.5 Å². The molecule has 0 unspecified atom stereocenters. The van der Waals surface area contributed by atoms with E-state index in [1.54, 1.807) is 12.1 Å². The van der Waals surface area contributed by atoms with Crippen LogP contribution in [0.25, 0.3) is 11.0 Å². The molecule has 1 aliphatic heterocycles. The number of likely N-dealkylation sites (tertiary alicyclic amines) is 1. The average molecular weight is 635 g/mol. The Bertz CT molecular complexity index is 1760. The van der Waals surface area contributed by atoms with Crippen molar-refractivity contribution < 1.29 is 28.2 Å². The fourth-order valence-corrected chi connectivity index (χ4v) is 6.09. The van der Waals surface area contributed by atoms with E-state index >= 15 is 0 Å². The summed E-state index contributed by atoms with van der Waals surface area (Å²) in [6, 6.07) is 16.5. The molecule has 1 aliphatic carbocycles. The number of nitrogens with zero attached hydrogens (tertiary/aromatic N) is 4. The van der Waals surface area contributed by atoms with E-state index in [4.69, 9.17) is 26.1 Å². The first-order chi connectivity index (χ1) is 21.7. The van der Waals surface area contributed by atoms with Gasteiger partial charge in [-0.2, -0.15) is 5.26 Å². The number of aromatic nitrogens is 2. The van der Waals surface area contributed by atoms with Crippen LogP contribution in [0.2, 0.25) is 5.02 Å². The van der Waals surface area contributed by atoms with Gasteiger partial charge < -0.3 is 19.1 Å². The van der Waals surface area contributed by atoms with Crippen molar-refractivity contribution in [2.75, 3.05) is 13.1 Å². The van der Waals surface area contributed by atoms with Gasteiger partial charge in [0.1, 0.15) is 30.1 Å². The number of hydrogen-bond acceptors (Lipinski definition) is 6. The summed E-state index contributed by atoms with van der Waals surface area (Å²) in [4.78, 5) is 18.6. The lowest BCUT2D eigenvalue weighted by molar-refractivity contribution is -0.136. The van der Waals surface area contributed by atoms with Crippen molar-refractivity contribution in [1.29, 1.82) is 5.26 Å². The molecule has 234 valence electrons. The number of piperidine rings is 1. The second kappa shape index (κ2) is 13.0. The first-order valence-electron chi connectivity index (χ1n) is 15.0. The van der Waals surface area contributed by atoms with Crippen LogP contribution in [0.1, 0.15) is 49.1 Å². The van der Waals surface area contributed by atoms with Crippen LogP contribution in [-0.4, -0.2) is 44.7 Å². The zero-order chi connectivity index (χ0) is 31.6. The molecule has 8 nitrogen and oxygen atoms in total. The number of carboxylic acid groups (broad SMARTS) is 1. The lowest BCUT2D eigenvalue weighted by atomic mass is 10.0. The minimum atomic E-state index is -0.882.